The number of aryl methyl sites for hydroxylation is 1. The number of nitrogens with one attached hydrogen (secondary N) is 1. The molecule has 1 amide bonds. The summed E-state index contributed by atoms with van der Waals surface area (Å²) >= 11 is 0. The van der Waals surface area contributed by atoms with E-state index in [0.717, 1.165) is 41.1 Å². The van der Waals surface area contributed by atoms with E-state index >= 15 is 0 Å². The van der Waals surface area contributed by atoms with Crippen LogP contribution in [0.15, 0.2) is 41.8 Å². The van der Waals surface area contributed by atoms with E-state index in [1.807, 2.05) is 47.2 Å². The van der Waals surface area contributed by atoms with Gasteiger partial charge in [0.15, 0.2) is 5.82 Å². The van der Waals surface area contributed by atoms with Gasteiger partial charge in [-0.05, 0) is 44.7 Å². The van der Waals surface area contributed by atoms with Crippen molar-refractivity contribution in [3.63, 3.8) is 0 Å². The first-order valence-corrected chi connectivity index (χ1v) is 14.7. The number of hydrogen-bond acceptors (Lipinski definition) is 9. The fourth-order valence-electron chi connectivity index (χ4n) is 7.26. The summed E-state index contributed by atoms with van der Waals surface area (Å²) in [6.07, 6.45) is 8.76. The summed E-state index contributed by atoms with van der Waals surface area (Å²) in [6.45, 7) is 1.40. The Hall–Kier alpha value is -3.74. The van der Waals surface area contributed by atoms with Gasteiger partial charge in [-0.3, -0.25) is 24.6 Å². The van der Waals surface area contributed by atoms with Crippen LogP contribution in [0.2, 0.25) is 0 Å². The highest BCUT2D eigenvalue weighted by Gasteiger charge is 2.52. The minimum atomic E-state index is -1.20. The third-order valence-corrected chi connectivity index (χ3v) is 9.62. The summed E-state index contributed by atoms with van der Waals surface area (Å²) in [7, 11) is 1.87. The Bertz CT molecular complexity index is 1540. The molecular formula is C30H36N8O4. The fraction of sp³-hybridized carbons (Fsp3) is 0.533. The smallest absolute Gasteiger partial charge is 0.233 e. The first-order valence-electron chi connectivity index (χ1n) is 14.7. The number of Topliss-reactive ketones (excluding diaryl/α,β-unsaturated/α-hetero) is 1. The van der Waals surface area contributed by atoms with Crippen LogP contribution in [0.1, 0.15) is 45.2 Å². The molecule has 12 nitrogen and oxygen atoms in total. The number of aliphatic hydroxyl groups is 2. The summed E-state index contributed by atoms with van der Waals surface area (Å²) in [5, 5.41) is 32.4. The van der Waals surface area contributed by atoms with Crippen LogP contribution in [-0.4, -0.2) is 88.9 Å². The largest absolute Gasteiger partial charge is 0.395 e. The number of fused-ring (bicyclic) bond motifs is 5. The molecule has 0 saturated carbocycles. The lowest BCUT2D eigenvalue weighted by atomic mass is 9.76. The second kappa shape index (κ2) is 10.2. The minimum Gasteiger partial charge on any atom is -0.395 e. The molecule has 3 aromatic rings. The Morgan fingerprint density at radius 2 is 1.86 bits per heavy atom. The maximum atomic E-state index is 13.4. The van der Waals surface area contributed by atoms with Gasteiger partial charge in [0.2, 0.25) is 5.91 Å². The van der Waals surface area contributed by atoms with Gasteiger partial charge in [-0.15, -0.1) is 0 Å². The number of amides is 1. The Morgan fingerprint density at radius 3 is 2.50 bits per heavy atom. The zero-order valence-corrected chi connectivity index (χ0v) is 23.8. The van der Waals surface area contributed by atoms with E-state index in [2.05, 4.69) is 20.5 Å². The molecule has 42 heavy (non-hydrogen) atoms. The van der Waals surface area contributed by atoms with Crippen LogP contribution in [-0.2, 0) is 16.6 Å². The number of carbonyl (C=O) groups excluding carboxylic acids is 2. The first kappa shape index (κ1) is 27.1. The van der Waals surface area contributed by atoms with Gasteiger partial charge in [0.05, 0.1) is 36.4 Å². The zero-order chi connectivity index (χ0) is 29.2. The Labute approximate surface area is 243 Å². The van der Waals surface area contributed by atoms with E-state index in [4.69, 9.17) is 4.99 Å². The lowest BCUT2D eigenvalue weighted by Gasteiger charge is -2.45. The third kappa shape index (κ3) is 4.23. The van der Waals surface area contributed by atoms with E-state index in [9.17, 15) is 19.8 Å². The van der Waals surface area contributed by atoms with Crippen molar-refractivity contribution in [3.05, 3.63) is 36.8 Å². The lowest BCUT2D eigenvalue weighted by Crippen LogP contribution is -2.56. The Balaban J connectivity index is 1.23. The van der Waals surface area contributed by atoms with Crippen molar-refractivity contribution >= 4 is 23.2 Å². The second-order valence-corrected chi connectivity index (χ2v) is 12.4. The Morgan fingerprint density at radius 1 is 1.10 bits per heavy atom. The van der Waals surface area contributed by atoms with Crippen LogP contribution in [0, 0.1) is 17.3 Å². The van der Waals surface area contributed by atoms with Crippen molar-refractivity contribution in [3.8, 4) is 22.5 Å². The van der Waals surface area contributed by atoms with E-state index < -0.39 is 24.5 Å². The molecule has 220 valence electrons. The number of carbonyl (C=O) groups is 2. The predicted molar refractivity (Wildman–Crippen MR) is 154 cm³/mol. The van der Waals surface area contributed by atoms with E-state index in [1.54, 1.807) is 17.8 Å². The molecule has 4 unspecified atom stereocenters. The van der Waals surface area contributed by atoms with Crippen LogP contribution in [0.25, 0.3) is 22.5 Å². The molecule has 0 spiro atoms. The number of pyridine rings is 1. The van der Waals surface area contributed by atoms with E-state index in [0.29, 0.717) is 31.6 Å². The first-order chi connectivity index (χ1) is 20.3. The predicted octanol–water partition coefficient (Wildman–Crippen LogP) is 1.87. The molecule has 7 heterocycles. The van der Waals surface area contributed by atoms with Crippen LogP contribution in [0.5, 0.6) is 0 Å². The van der Waals surface area contributed by atoms with Crippen molar-refractivity contribution < 1.29 is 19.8 Å². The van der Waals surface area contributed by atoms with Gasteiger partial charge in [0, 0.05) is 67.2 Å². The molecule has 3 fully saturated rings. The highest BCUT2D eigenvalue weighted by molar-refractivity contribution is 6.09. The molecule has 4 aliphatic rings. The number of aromatic nitrogens is 5. The second-order valence-electron chi connectivity index (χ2n) is 12.4. The number of hydrogen-bond donors (Lipinski definition) is 3. The fourth-order valence-corrected chi connectivity index (χ4v) is 7.26. The maximum Gasteiger partial charge on any atom is 0.233 e. The van der Waals surface area contributed by atoms with Gasteiger partial charge in [-0.1, -0.05) is 6.07 Å². The van der Waals surface area contributed by atoms with Crippen LogP contribution in [0.3, 0.4) is 0 Å². The number of rotatable bonds is 6. The lowest BCUT2D eigenvalue weighted by molar-refractivity contribution is -0.151. The molecule has 2 bridgehead atoms. The summed E-state index contributed by atoms with van der Waals surface area (Å²) in [5.74, 6) is 0.314. The van der Waals surface area contributed by atoms with Crippen molar-refractivity contribution in [1.82, 2.24) is 34.8 Å². The third-order valence-electron chi connectivity index (χ3n) is 9.62. The van der Waals surface area contributed by atoms with Gasteiger partial charge in [-0.25, -0.2) is 9.67 Å². The average Bonchev–Trinajstić information content (AvgIpc) is 3.71. The number of nitrogens with zero attached hydrogens (tertiary/aromatic N) is 7. The highest BCUT2D eigenvalue weighted by atomic mass is 16.3. The van der Waals surface area contributed by atoms with Crippen molar-refractivity contribution in [2.24, 2.45) is 29.3 Å². The molecule has 0 aromatic carbocycles. The number of ketones is 1. The normalized spacial score (nSPS) is 27.0. The minimum absolute atomic E-state index is 0.0128. The van der Waals surface area contributed by atoms with Crippen LogP contribution in [0.4, 0.5) is 5.82 Å². The molecule has 4 aliphatic heterocycles. The Kier molecular flexibility index (Phi) is 6.59. The number of piperidine rings is 2. The van der Waals surface area contributed by atoms with Gasteiger partial charge < -0.3 is 15.1 Å². The average molecular weight is 573 g/mol. The molecule has 12 heteroatoms. The van der Waals surface area contributed by atoms with Crippen molar-refractivity contribution in [1.29, 1.82) is 0 Å². The molecule has 0 radical (unpaired) electrons. The molecular weight excluding hydrogens is 536 g/mol. The quantitative estimate of drug-likeness (QED) is 0.405. The molecule has 0 aliphatic carbocycles. The molecule has 7 rings (SSSR count). The maximum absolute atomic E-state index is 13.4. The van der Waals surface area contributed by atoms with Gasteiger partial charge in [0.25, 0.3) is 0 Å². The van der Waals surface area contributed by atoms with E-state index in [1.165, 1.54) is 0 Å². The van der Waals surface area contributed by atoms with Gasteiger partial charge >= 0.3 is 0 Å². The molecule has 3 saturated heterocycles. The monoisotopic (exact) mass is 572 g/mol. The number of aliphatic imine (C=N–C) groups is 1. The SMILES string of the molecule is Cn1ccc(-c2ccc(-c3cnn4c3N=C(C3CC5CCC(C3)N5C(=O)C(C)(CO)CO)C3C(=O)CCNC34)cn2)n1. The number of aliphatic hydroxyl groups excluding tert-OH is 2. The van der Waals surface area contributed by atoms with Crippen LogP contribution < -0.4 is 5.32 Å². The standard InChI is InChI=1S/C30H36N8O4/c1-30(15-39,16-40)29(42)37-19-4-5-20(37)12-18(11-19)26-25-24(41)7-9-31-28(25)38-27(34-26)21(14-33-38)17-3-6-22(32-13-17)23-8-10-36(2)35-23/h3,6,8,10,13-14,18-20,25,28,31,39-40H,4-5,7,9,11-12,15-16H2,1-2H3. The highest BCUT2D eigenvalue weighted by Crippen LogP contribution is 2.46. The molecule has 3 N–H and O–H groups in total. The van der Waals surface area contributed by atoms with Crippen molar-refractivity contribution in [2.75, 3.05) is 19.8 Å². The summed E-state index contributed by atoms with van der Waals surface area (Å²) in [4.78, 5) is 38.6. The molecule has 4 atom stereocenters. The molecule has 3 aromatic heterocycles. The van der Waals surface area contributed by atoms with Crippen LogP contribution >= 0.6 is 0 Å². The summed E-state index contributed by atoms with van der Waals surface area (Å²) in [6, 6.07) is 5.84. The van der Waals surface area contributed by atoms with Gasteiger partial charge in [0.1, 0.15) is 17.6 Å². The summed E-state index contributed by atoms with van der Waals surface area (Å²) < 4.78 is 3.59. The van der Waals surface area contributed by atoms with Crippen molar-refractivity contribution in [2.45, 2.75) is 57.3 Å². The topological polar surface area (TPSA) is 151 Å². The zero-order valence-electron chi connectivity index (χ0n) is 23.8. The van der Waals surface area contributed by atoms with Gasteiger partial charge in [-0.2, -0.15) is 10.2 Å². The van der Waals surface area contributed by atoms with E-state index in [-0.39, 0.29) is 35.9 Å². The summed E-state index contributed by atoms with van der Waals surface area (Å²) in [5.41, 5.74) is 2.98.